The minimum absolute atomic E-state index is 0.188. The summed E-state index contributed by atoms with van der Waals surface area (Å²) in [4.78, 5) is 18.3. The van der Waals surface area contributed by atoms with E-state index in [0.717, 1.165) is 23.0 Å². The van der Waals surface area contributed by atoms with Crippen molar-refractivity contribution in [1.29, 1.82) is 0 Å². The third kappa shape index (κ3) is 4.00. The van der Waals surface area contributed by atoms with Crippen molar-refractivity contribution in [2.75, 3.05) is 37.5 Å². The lowest BCUT2D eigenvalue weighted by atomic mass is 10.0. The van der Waals surface area contributed by atoms with Gasteiger partial charge in [-0.1, -0.05) is 18.2 Å². The van der Waals surface area contributed by atoms with Gasteiger partial charge >= 0.3 is 5.97 Å². The number of fused-ring (bicyclic) bond motifs is 1. The number of hydrogen-bond acceptors (Lipinski definition) is 6. The molecule has 1 saturated carbocycles. The van der Waals surface area contributed by atoms with Crippen molar-refractivity contribution >= 4 is 23.0 Å². The fourth-order valence-corrected chi connectivity index (χ4v) is 4.24. The molecule has 1 unspecified atom stereocenters. The maximum Gasteiger partial charge on any atom is 0.340 e. The number of rotatable bonds is 7. The van der Waals surface area contributed by atoms with Gasteiger partial charge in [0.2, 0.25) is 0 Å². The lowest BCUT2D eigenvalue weighted by Gasteiger charge is -2.21. The molecule has 6 heteroatoms. The molecule has 5 rings (SSSR count). The molecular weight excluding hydrogens is 402 g/mol. The molecule has 0 saturated heterocycles. The summed E-state index contributed by atoms with van der Waals surface area (Å²) in [6.45, 7) is 1.24. The first kappa shape index (κ1) is 20.4. The molecule has 2 heterocycles. The van der Waals surface area contributed by atoms with Gasteiger partial charge in [0, 0.05) is 48.7 Å². The number of pyridine rings is 1. The van der Waals surface area contributed by atoms with Gasteiger partial charge in [0.25, 0.3) is 0 Å². The first-order valence-corrected chi connectivity index (χ1v) is 11.0. The maximum absolute atomic E-state index is 12.0. The molecule has 6 nitrogen and oxygen atoms in total. The molecule has 1 fully saturated rings. The number of carbonyl (C=O) groups excluding carboxylic acids is 1. The van der Waals surface area contributed by atoms with E-state index in [0.29, 0.717) is 24.4 Å². The number of nitrogens with one attached hydrogen (secondary N) is 1. The summed E-state index contributed by atoms with van der Waals surface area (Å²) in [6.07, 6.45) is 5.87. The predicted octanol–water partition coefficient (Wildman–Crippen LogP) is 5.10. The number of hydrogen-bond donors (Lipinski definition) is 1. The summed E-state index contributed by atoms with van der Waals surface area (Å²) < 4.78 is 10.9. The second-order valence-electron chi connectivity index (χ2n) is 8.45. The van der Waals surface area contributed by atoms with Crippen LogP contribution in [0.15, 0.2) is 60.9 Å². The molecule has 1 aliphatic heterocycles. The largest absolute Gasteiger partial charge is 0.493 e. The van der Waals surface area contributed by atoms with Crippen molar-refractivity contribution in [3.8, 4) is 5.75 Å². The van der Waals surface area contributed by atoms with Crippen molar-refractivity contribution in [3.63, 3.8) is 0 Å². The Hall–Kier alpha value is -3.54. The second kappa shape index (κ2) is 8.54. The Morgan fingerprint density at radius 1 is 1.16 bits per heavy atom. The first-order chi connectivity index (χ1) is 15.6. The van der Waals surface area contributed by atoms with Crippen LogP contribution in [-0.2, 0) is 4.74 Å². The number of carbonyl (C=O) groups is 1. The zero-order valence-electron chi connectivity index (χ0n) is 18.4. The number of anilines is 3. The maximum atomic E-state index is 12.0. The number of nitrogens with zero attached hydrogens (tertiary/aromatic N) is 2. The highest BCUT2D eigenvalue weighted by molar-refractivity contribution is 5.95. The molecule has 0 amide bonds. The van der Waals surface area contributed by atoms with E-state index in [1.165, 1.54) is 31.1 Å². The minimum Gasteiger partial charge on any atom is -0.493 e. The van der Waals surface area contributed by atoms with E-state index >= 15 is 0 Å². The van der Waals surface area contributed by atoms with Crippen LogP contribution in [0.5, 0.6) is 5.75 Å². The van der Waals surface area contributed by atoms with Crippen molar-refractivity contribution in [2.24, 2.45) is 0 Å². The number of esters is 1. The molecule has 2 aromatic carbocycles. The second-order valence-corrected chi connectivity index (χ2v) is 8.45. The number of aromatic nitrogens is 1. The van der Waals surface area contributed by atoms with Gasteiger partial charge in [0.1, 0.15) is 5.75 Å². The predicted molar refractivity (Wildman–Crippen MR) is 125 cm³/mol. The Morgan fingerprint density at radius 2 is 1.94 bits per heavy atom. The topological polar surface area (TPSA) is 63.7 Å². The summed E-state index contributed by atoms with van der Waals surface area (Å²) in [5.41, 5.74) is 6.01. The van der Waals surface area contributed by atoms with Gasteiger partial charge < -0.3 is 19.7 Å². The summed E-state index contributed by atoms with van der Waals surface area (Å²) in [5, 5.41) is 3.34. The molecule has 164 valence electrons. The standard InChI is InChI=1S/C26H27N3O3/c1-29(20-7-5-18(6-8-20)17-3-4-17)21-9-10-22-19(16-32-25(22)13-21)14-28-24-15-27-12-11-23(24)26(30)31-2/h5-13,15,17,19,28H,3-4,14,16H2,1-2H3. The van der Waals surface area contributed by atoms with Crippen molar-refractivity contribution in [2.45, 2.75) is 24.7 Å². The minimum atomic E-state index is -0.379. The van der Waals surface area contributed by atoms with Crippen molar-refractivity contribution < 1.29 is 14.3 Å². The molecule has 1 N–H and O–H groups in total. The number of methoxy groups -OCH3 is 1. The van der Waals surface area contributed by atoms with E-state index in [2.05, 4.69) is 64.7 Å². The fourth-order valence-electron chi connectivity index (χ4n) is 4.24. The zero-order chi connectivity index (χ0) is 22.1. The molecule has 0 bridgehead atoms. The van der Waals surface area contributed by atoms with Gasteiger partial charge in [-0.05, 0) is 48.6 Å². The lowest BCUT2D eigenvalue weighted by Crippen LogP contribution is -2.16. The van der Waals surface area contributed by atoms with Crippen molar-refractivity contribution in [1.82, 2.24) is 4.98 Å². The van der Waals surface area contributed by atoms with E-state index in [-0.39, 0.29) is 11.9 Å². The molecular formula is C26H27N3O3. The average Bonchev–Trinajstić information content (AvgIpc) is 3.62. The van der Waals surface area contributed by atoms with Gasteiger partial charge in [0.15, 0.2) is 0 Å². The lowest BCUT2D eigenvalue weighted by molar-refractivity contribution is 0.0601. The molecule has 3 aromatic rings. The molecule has 32 heavy (non-hydrogen) atoms. The summed E-state index contributed by atoms with van der Waals surface area (Å²) >= 11 is 0. The zero-order valence-corrected chi connectivity index (χ0v) is 18.4. The van der Waals surface area contributed by atoms with Crippen LogP contribution in [0.4, 0.5) is 17.1 Å². The molecule has 0 radical (unpaired) electrons. The molecule has 1 atom stereocenters. The average molecular weight is 430 g/mol. The van der Waals surface area contributed by atoms with Gasteiger partial charge in [-0.3, -0.25) is 4.98 Å². The van der Waals surface area contributed by atoms with Gasteiger partial charge in [-0.15, -0.1) is 0 Å². The van der Waals surface area contributed by atoms with Crippen LogP contribution in [0.25, 0.3) is 0 Å². The Labute approximate surface area is 188 Å². The van der Waals surface area contributed by atoms with Gasteiger partial charge in [0.05, 0.1) is 31.2 Å². The van der Waals surface area contributed by atoms with Crippen LogP contribution < -0.4 is 15.0 Å². The number of ether oxygens (including phenoxy) is 2. The van der Waals surface area contributed by atoms with E-state index in [4.69, 9.17) is 9.47 Å². The number of benzene rings is 2. The Bertz CT molecular complexity index is 1130. The quantitative estimate of drug-likeness (QED) is 0.527. The normalized spacial score (nSPS) is 16.8. The Morgan fingerprint density at radius 3 is 2.69 bits per heavy atom. The van der Waals surface area contributed by atoms with Crippen LogP contribution >= 0.6 is 0 Å². The third-order valence-electron chi connectivity index (χ3n) is 6.36. The van der Waals surface area contributed by atoms with E-state index in [1.807, 2.05) is 0 Å². The Balaban J connectivity index is 1.28. The van der Waals surface area contributed by atoms with E-state index in [9.17, 15) is 4.79 Å². The SMILES string of the molecule is COC(=O)c1ccncc1NCC1COc2cc(N(C)c3ccc(C4CC4)cc3)ccc21. The highest BCUT2D eigenvalue weighted by atomic mass is 16.5. The monoisotopic (exact) mass is 429 g/mol. The van der Waals surface area contributed by atoms with Gasteiger partial charge in [-0.25, -0.2) is 4.79 Å². The van der Waals surface area contributed by atoms with E-state index < -0.39 is 0 Å². The smallest absolute Gasteiger partial charge is 0.340 e. The van der Waals surface area contributed by atoms with Crippen LogP contribution in [0.3, 0.4) is 0 Å². The summed E-state index contributed by atoms with van der Waals surface area (Å²) in [7, 11) is 3.46. The third-order valence-corrected chi connectivity index (χ3v) is 6.36. The molecule has 1 aliphatic carbocycles. The van der Waals surface area contributed by atoms with E-state index in [1.54, 1.807) is 18.5 Å². The Kier molecular flexibility index (Phi) is 5.43. The van der Waals surface area contributed by atoms with Crippen LogP contribution in [0.1, 0.15) is 46.2 Å². The van der Waals surface area contributed by atoms with Crippen LogP contribution in [-0.4, -0.2) is 38.3 Å². The fraction of sp³-hybridized carbons (Fsp3) is 0.308. The molecule has 0 spiro atoms. The van der Waals surface area contributed by atoms with Crippen LogP contribution in [0, 0.1) is 0 Å². The highest BCUT2D eigenvalue weighted by Gasteiger charge is 2.26. The summed E-state index contributed by atoms with van der Waals surface area (Å²) in [5.74, 6) is 1.49. The van der Waals surface area contributed by atoms with Gasteiger partial charge in [-0.2, -0.15) is 0 Å². The summed E-state index contributed by atoms with van der Waals surface area (Å²) in [6, 6.07) is 16.9. The molecule has 2 aliphatic rings. The highest BCUT2D eigenvalue weighted by Crippen LogP contribution is 2.41. The molecule has 1 aromatic heterocycles. The van der Waals surface area contributed by atoms with Crippen LogP contribution in [0.2, 0.25) is 0 Å². The van der Waals surface area contributed by atoms with Crippen molar-refractivity contribution in [3.05, 3.63) is 77.6 Å². The first-order valence-electron chi connectivity index (χ1n) is 11.0.